The highest BCUT2D eigenvalue weighted by Gasteiger charge is 2.21. The highest BCUT2D eigenvalue weighted by molar-refractivity contribution is 6.10. The van der Waals surface area contributed by atoms with Crippen LogP contribution in [0.15, 0.2) is 140 Å². The zero-order chi connectivity index (χ0) is 33.5. The van der Waals surface area contributed by atoms with Gasteiger partial charge in [-0.2, -0.15) is 0 Å². The topological polar surface area (TPSA) is 36.2 Å². The van der Waals surface area contributed by atoms with E-state index in [4.69, 9.17) is 4.74 Å². The van der Waals surface area contributed by atoms with E-state index < -0.39 is 0 Å². The van der Waals surface area contributed by atoms with Crippen molar-refractivity contribution in [2.45, 2.75) is 40.0 Å². The summed E-state index contributed by atoms with van der Waals surface area (Å²) in [7, 11) is 0. The Labute approximate surface area is 287 Å². The van der Waals surface area contributed by atoms with Crippen LogP contribution in [-0.4, -0.2) is 21.7 Å². The maximum atomic E-state index is 12.4. The molecule has 0 saturated heterocycles. The molecule has 8 aromatic rings. The minimum Gasteiger partial charge on any atom is -0.465 e. The van der Waals surface area contributed by atoms with Crippen LogP contribution < -0.4 is 0 Å². The summed E-state index contributed by atoms with van der Waals surface area (Å²) in [5, 5.41) is 4.96. The first-order valence-electron chi connectivity index (χ1n) is 17.3. The van der Waals surface area contributed by atoms with Crippen LogP contribution in [0, 0.1) is 5.41 Å². The number of para-hydroxylation sites is 3. The number of hydrogen-bond acceptors (Lipinski definition) is 2. The number of rotatable bonds is 9. The SMILES string of the molecule is CCC(C)(C)CC(=O)OCCc1ccc2c(c1)c1ccccc1n2-c1ccc(-c2ccc(-n3c4ccccc4c4ccccc43)cc2)cc1. The fourth-order valence-corrected chi connectivity index (χ4v) is 7.11. The lowest BCUT2D eigenvalue weighted by molar-refractivity contribution is -0.145. The number of hydrogen-bond donors (Lipinski definition) is 0. The Balaban J connectivity index is 1.06. The predicted molar refractivity (Wildman–Crippen MR) is 204 cm³/mol. The second kappa shape index (κ2) is 12.4. The molecule has 0 fully saturated rings. The molecule has 0 atom stereocenters. The zero-order valence-corrected chi connectivity index (χ0v) is 28.3. The van der Waals surface area contributed by atoms with Crippen molar-refractivity contribution in [1.29, 1.82) is 0 Å². The molecule has 0 amide bonds. The summed E-state index contributed by atoms with van der Waals surface area (Å²) in [5.41, 5.74) is 10.5. The fourth-order valence-electron chi connectivity index (χ4n) is 7.11. The molecule has 0 aliphatic rings. The maximum Gasteiger partial charge on any atom is 0.306 e. The molecular formula is C45H40N2O2. The average Bonchev–Trinajstić information content (AvgIpc) is 3.64. The number of aromatic nitrogens is 2. The molecule has 4 heteroatoms. The first kappa shape index (κ1) is 30.7. The molecule has 0 saturated carbocycles. The number of esters is 1. The molecule has 0 spiro atoms. The van der Waals surface area contributed by atoms with E-state index in [1.165, 1.54) is 49.2 Å². The first-order valence-corrected chi connectivity index (χ1v) is 17.3. The highest BCUT2D eigenvalue weighted by atomic mass is 16.5. The summed E-state index contributed by atoms with van der Waals surface area (Å²) in [5.74, 6) is -0.118. The van der Waals surface area contributed by atoms with Gasteiger partial charge in [-0.25, -0.2) is 0 Å². The first-order chi connectivity index (χ1) is 23.9. The van der Waals surface area contributed by atoms with E-state index in [0.717, 1.165) is 28.9 Å². The van der Waals surface area contributed by atoms with Crippen molar-refractivity contribution in [3.8, 4) is 22.5 Å². The van der Waals surface area contributed by atoms with Crippen molar-refractivity contribution < 1.29 is 9.53 Å². The van der Waals surface area contributed by atoms with Crippen molar-refractivity contribution in [3.05, 3.63) is 145 Å². The molecule has 0 radical (unpaired) electrons. The average molecular weight is 641 g/mol. The molecule has 49 heavy (non-hydrogen) atoms. The monoisotopic (exact) mass is 640 g/mol. The number of ether oxygens (including phenoxy) is 1. The van der Waals surface area contributed by atoms with Crippen LogP contribution in [0.4, 0.5) is 0 Å². The Morgan fingerprint density at radius 1 is 0.571 bits per heavy atom. The lowest BCUT2D eigenvalue weighted by atomic mass is 9.87. The summed E-state index contributed by atoms with van der Waals surface area (Å²) in [6.07, 6.45) is 2.09. The largest absolute Gasteiger partial charge is 0.465 e. The van der Waals surface area contributed by atoms with Crippen molar-refractivity contribution in [3.63, 3.8) is 0 Å². The summed E-state index contributed by atoms with van der Waals surface area (Å²) >= 11 is 0. The van der Waals surface area contributed by atoms with Crippen molar-refractivity contribution >= 4 is 49.6 Å². The van der Waals surface area contributed by atoms with E-state index in [1.54, 1.807) is 0 Å². The number of carbonyl (C=O) groups is 1. The summed E-state index contributed by atoms with van der Waals surface area (Å²) in [4.78, 5) is 12.4. The van der Waals surface area contributed by atoms with Gasteiger partial charge in [0, 0.05) is 39.3 Å². The van der Waals surface area contributed by atoms with Gasteiger partial charge in [0.05, 0.1) is 35.1 Å². The van der Waals surface area contributed by atoms with Gasteiger partial charge in [0.15, 0.2) is 0 Å². The van der Waals surface area contributed by atoms with E-state index in [0.29, 0.717) is 19.4 Å². The number of nitrogens with zero attached hydrogens (tertiary/aromatic N) is 2. The summed E-state index contributed by atoms with van der Waals surface area (Å²) in [6.45, 7) is 6.72. The van der Waals surface area contributed by atoms with Gasteiger partial charge in [-0.15, -0.1) is 0 Å². The molecule has 8 rings (SSSR count). The van der Waals surface area contributed by atoms with Crippen LogP contribution in [0.1, 0.15) is 39.2 Å². The highest BCUT2D eigenvalue weighted by Crippen LogP contribution is 2.35. The molecule has 242 valence electrons. The Morgan fingerprint density at radius 2 is 1.02 bits per heavy atom. The summed E-state index contributed by atoms with van der Waals surface area (Å²) < 4.78 is 10.3. The molecule has 0 aliphatic carbocycles. The number of carbonyl (C=O) groups excluding carboxylic acids is 1. The van der Waals surface area contributed by atoms with Gasteiger partial charge >= 0.3 is 5.97 Å². The minimum absolute atomic E-state index is 0.0327. The third-order valence-electron chi connectivity index (χ3n) is 10.1. The fraction of sp³-hybridized carbons (Fsp3) is 0.178. The molecule has 0 aliphatic heterocycles. The quantitative estimate of drug-likeness (QED) is 0.147. The molecule has 0 N–H and O–H groups in total. The van der Waals surface area contributed by atoms with Gasteiger partial charge in [-0.05, 0) is 76.7 Å². The van der Waals surface area contributed by atoms with E-state index in [2.05, 4.69) is 169 Å². The van der Waals surface area contributed by atoms with Crippen molar-refractivity contribution in [2.75, 3.05) is 6.61 Å². The molecule has 6 aromatic carbocycles. The Bertz CT molecular complexity index is 2410. The van der Waals surface area contributed by atoms with Crippen molar-refractivity contribution in [2.24, 2.45) is 5.41 Å². The van der Waals surface area contributed by atoms with Gasteiger partial charge in [-0.1, -0.05) is 112 Å². The van der Waals surface area contributed by atoms with Crippen LogP contribution in [0.2, 0.25) is 0 Å². The van der Waals surface area contributed by atoms with E-state index in [9.17, 15) is 4.79 Å². The second-order valence-corrected chi connectivity index (χ2v) is 13.8. The van der Waals surface area contributed by atoms with Gasteiger partial charge in [0.1, 0.15) is 0 Å². The van der Waals surface area contributed by atoms with Crippen LogP contribution in [0.5, 0.6) is 0 Å². The van der Waals surface area contributed by atoms with E-state index in [-0.39, 0.29) is 11.4 Å². The Hall–Kier alpha value is -5.61. The molecule has 2 aromatic heterocycles. The standard InChI is InChI=1S/C45H40N2O2/c1-4-45(2,3)30-44(48)49-28-27-31-17-26-43-39(29-31)38-13-7-10-16-42(38)47(43)35-24-20-33(21-25-35)32-18-22-34(23-19-32)46-40-14-8-5-11-36(40)37-12-6-9-15-41(37)46/h5-26,29H,4,27-28,30H2,1-3H3. The van der Waals surface area contributed by atoms with E-state index in [1.807, 2.05) is 0 Å². The molecule has 4 nitrogen and oxygen atoms in total. The lowest BCUT2D eigenvalue weighted by Gasteiger charge is -2.20. The zero-order valence-electron chi connectivity index (χ0n) is 28.3. The number of fused-ring (bicyclic) bond motifs is 6. The Morgan fingerprint density at radius 3 is 1.51 bits per heavy atom. The van der Waals surface area contributed by atoms with Crippen LogP contribution in [0.25, 0.3) is 66.1 Å². The minimum atomic E-state index is -0.118. The van der Waals surface area contributed by atoms with E-state index >= 15 is 0 Å². The Kier molecular flexibility index (Phi) is 7.80. The third kappa shape index (κ3) is 5.67. The van der Waals surface area contributed by atoms with Gasteiger partial charge in [-0.3, -0.25) is 4.79 Å². The smallest absolute Gasteiger partial charge is 0.306 e. The van der Waals surface area contributed by atoms with Crippen LogP contribution >= 0.6 is 0 Å². The maximum absolute atomic E-state index is 12.4. The predicted octanol–water partition coefficient (Wildman–Crippen LogP) is 11.5. The van der Waals surface area contributed by atoms with Crippen LogP contribution in [-0.2, 0) is 16.0 Å². The molecule has 2 heterocycles. The number of benzene rings is 6. The molecule has 0 bridgehead atoms. The second-order valence-electron chi connectivity index (χ2n) is 13.8. The van der Waals surface area contributed by atoms with Gasteiger partial charge in [0.2, 0.25) is 0 Å². The molecule has 0 unspecified atom stereocenters. The van der Waals surface area contributed by atoms with Gasteiger partial charge < -0.3 is 13.9 Å². The summed E-state index contributed by atoms with van der Waals surface area (Å²) in [6, 6.07) is 50.2. The van der Waals surface area contributed by atoms with Gasteiger partial charge in [0.25, 0.3) is 0 Å². The molecular weight excluding hydrogens is 601 g/mol. The van der Waals surface area contributed by atoms with Crippen LogP contribution in [0.3, 0.4) is 0 Å². The lowest BCUT2D eigenvalue weighted by Crippen LogP contribution is -2.18. The van der Waals surface area contributed by atoms with Crippen molar-refractivity contribution in [1.82, 2.24) is 9.13 Å². The third-order valence-corrected chi connectivity index (χ3v) is 10.1. The normalized spacial score (nSPS) is 12.0.